The summed E-state index contributed by atoms with van der Waals surface area (Å²) in [7, 11) is 0. The van der Waals surface area contributed by atoms with Crippen LogP contribution in [-0.4, -0.2) is 5.97 Å². The van der Waals surface area contributed by atoms with E-state index < -0.39 is 0 Å². The Bertz CT molecular complexity index is 794. The van der Waals surface area contributed by atoms with Gasteiger partial charge in [0.2, 0.25) is 0 Å². The Labute approximate surface area is 134 Å². The molecule has 0 spiro atoms. The Hall–Kier alpha value is -2.06. The van der Waals surface area contributed by atoms with Gasteiger partial charge < -0.3 is 4.74 Å². The minimum absolute atomic E-state index is 0.122. The maximum Gasteiger partial charge on any atom is 0.303 e. The average molecular weight is 311 g/mol. The van der Waals surface area contributed by atoms with E-state index in [0.29, 0.717) is 0 Å². The van der Waals surface area contributed by atoms with E-state index in [0.717, 1.165) is 16.2 Å². The van der Waals surface area contributed by atoms with Crippen molar-refractivity contribution in [3.63, 3.8) is 0 Å². The molecule has 2 nitrogen and oxygen atoms in total. The number of hydrogen-bond donors (Lipinski definition) is 0. The van der Waals surface area contributed by atoms with E-state index in [9.17, 15) is 4.79 Å². The van der Waals surface area contributed by atoms with E-state index in [-0.39, 0.29) is 23.9 Å². The Kier molecular flexibility index (Phi) is 3.08. The van der Waals surface area contributed by atoms with E-state index in [4.69, 9.17) is 16.3 Å². The summed E-state index contributed by atoms with van der Waals surface area (Å²) in [6.45, 7) is 1.45. The monoisotopic (exact) mass is 310 g/mol. The Morgan fingerprint density at radius 1 is 0.955 bits per heavy atom. The van der Waals surface area contributed by atoms with Crippen molar-refractivity contribution in [3.8, 4) is 0 Å². The van der Waals surface area contributed by atoms with Crippen molar-refractivity contribution in [2.45, 2.75) is 24.9 Å². The predicted molar refractivity (Wildman–Crippen MR) is 85.9 cm³/mol. The maximum atomic E-state index is 11.6. The van der Waals surface area contributed by atoms with Gasteiger partial charge in [-0.25, -0.2) is 0 Å². The fourth-order valence-corrected chi connectivity index (χ4v) is 4.04. The predicted octanol–water partition coefficient (Wildman–Crippen LogP) is 4.66. The van der Waals surface area contributed by atoms with Crippen LogP contribution in [0, 0.1) is 0 Å². The summed E-state index contributed by atoms with van der Waals surface area (Å²) in [5.41, 5.74) is 4.62. The summed E-state index contributed by atoms with van der Waals surface area (Å²) in [6.07, 6.45) is 1.72. The highest BCUT2D eigenvalue weighted by molar-refractivity contribution is 6.30. The Balaban J connectivity index is 2.02. The first-order valence-electron chi connectivity index (χ1n) is 7.39. The molecule has 0 heterocycles. The molecule has 0 aromatic heterocycles. The SMILES string of the molecule is CC(=O)O[C@@H]1c2ccccc2[C@@H]2C=C(Cl)[C@H]1c1ccccc12. The third-order valence-corrected chi connectivity index (χ3v) is 4.88. The molecular formula is C19H15ClO2. The first-order chi connectivity index (χ1) is 10.7. The van der Waals surface area contributed by atoms with Crippen LogP contribution in [0.4, 0.5) is 0 Å². The van der Waals surface area contributed by atoms with Gasteiger partial charge in [0.1, 0.15) is 6.10 Å². The zero-order chi connectivity index (χ0) is 15.3. The lowest BCUT2D eigenvalue weighted by atomic mass is 9.81. The third-order valence-electron chi connectivity index (χ3n) is 4.52. The molecule has 3 aliphatic rings. The van der Waals surface area contributed by atoms with Gasteiger partial charge >= 0.3 is 5.97 Å². The van der Waals surface area contributed by atoms with Gasteiger partial charge in [-0.05, 0) is 22.3 Å². The number of ether oxygens (including phenoxy) is 1. The summed E-state index contributed by atoms with van der Waals surface area (Å²) in [5.74, 6) is -0.287. The molecule has 0 fully saturated rings. The second-order valence-corrected chi connectivity index (χ2v) is 6.23. The highest BCUT2D eigenvalue weighted by Crippen LogP contribution is 2.54. The molecule has 0 amide bonds. The van der Waals surface area contributed by atoms with Crippen LogP contribution in [0.2, 0.25) is 0 Å². The standard InChI is InChI=1S/C19H15ClO2/c1-11(21)22-19-15-9-5-3-7-13(15)16-10-17(20)18(19)14-8-4-2-6-12(14)16/h2-10,16,18-19H,1H3/t16-,18-,19-/m1/s1. The van der Waals surface area contributed by atoms with Gasteiger partial charge in [0.15, 0.2) is 0 Å². The van der Waals surface area contributed by atoms with Crippen LogP contribution in [0.1, 0.15) is 47.1 Å². The molecule has 3 heteroatoms. The number of carbonyl (C=O) groups excluding carboxylic acids is 1. The van der Waals surface area contributed by atoms with Gasteiger partial charge in [0.25, 0.3) is 0 Å². The van der Waals surface area contributed by atoms with Gasteiger partial charge in [0, 0.05) is 17.9 Å². The summed E-state index contributed by atoms with van der Waals surface area (Å²) in [5, 5.41) is 0.756. The summed E-state index contributed by atoms with van der Waals surface area (Å²) < 4.78 is 5.69. The molecule has 3 aliphatic carbocycles. The van der Waals surface area contributed by atoms with Gasteiger partial charge in [-0.1, -0.05) is 66.2 Å². The molecule has 22 heavy (non-hydrogen) atoms. The van der Waals surface area contributed by atoms with Crippen molar-refractivity contribution in [1.82, 2.24) is 0 Å². The molecule has 0 radical (unpaired) electrons. The number of rotatable bonds is 1. The highest BCUT2D eigenvalue weighted by Gasteiger charge is 2.41. The largest absolute Gasteiger partial charge is 0.457 e. The minimum Gasteiger partial charge on any atom is -0.457 e. The lowest BCUT2D eigenvalue weighted by Crippen LogP contribution is -2.18. The number of esters is 1. The number of carbonyl (C=O) groups is 1. The molecule has 2 aromatic rings. The van der Waals surface area contributed by atoms with Crippen molar-refractivity contribution < 1.29 is 9.53 Å². The molecule has 0 N–H and O–H groups in total. The van der Waals surface area contributed by atoms with E-state index in [1.165, 1.54) is 18.1 Å². The van der Waals surface area contributed by atoms with Crippen molar-refractivity contribution >= 4 is 17.6 Å². The van der Waals surface area contributed by atoms with Crippen LogP contribution < -0.4 is 0 Å². The van der Waals surface area contributed by atoms with Crippen molar-refractivity contribution in [2.75, 3.05) is 0 Å². The van der Waals surface area contributed by atoms with Crippen LogP contribution in [0.25, 0.3) is 0 Å². The highest BCUT2D eigenvalue weighted by atomic mass is 35.5. The summed E-state index contributed by atoms with van der Waals surface area (Å²) in [4.78, 5) is 11.6. The maximum absolute atomic E-state index is 11.6. The van der Waals surface area contributed by atoms with Crippen LogP contribution >= 0.6 is 11.6 Å². The number of hydrogen-bond acceptors (Lipinski definition) is 2. The van der Waals surface area contributed by atoms with E-state index in [1.807, 2.05) is 30.3 Å². The molecule has 110 valence electrons. The van der Waals surface area contributed by atoms with Crippen molar-refractivity contribution in [1.29, 1.82) is 0 Å². The minimum atomic E-state index is -0.369. The van der Waals surface area contributed by atoms with Crippen LogP contribution in [0.3, 0.4) is 0 Å². The topological polar surface area (TPSA) is 26.3 Å². The van der Waals surface area contributed by atoms with E-state index in [2.05, 4.69) is 24.3 Å². The Morgan fingerprint density at radius 2 is 1.50 bits per heavy atom. The Morgan fingerprint density at radius 3 is 2.14 bits per heavy atom. The third kappa shape index (κ3) is 1.91. The molecule has 0 saturated heterocycles. The lowest BCUT2D eigenvalue weighted by Gasteiger charge is -2.29. The van der Waals surface area contributed by atoms with E-state index in [1.54, 1.807) is 0 Å². The van der Waals surface area contributed by atoms with Crippen LogP contribution in [-0.2, 0) is 9.53 Å². The van der Waals surface area contributed by atoms with Gasteiger partial charge in [-0.3, -0.25) is 4.79 Å². The smallest absolute Gasteiger partial charge is 0.303 e. The summed E-state index contributed by atoms with van der Waals surface area (Å²) >= 11 is 6.58. The molecule has 3 atom stereocenters. The van der Waals surface area contributed by atoms with Gasteiger partial charge in [0.05, 0.1) is 5.92 Å². The molecule has 0 unspecified atom stereocenters. The van der Waals surface area contributed by atoms with Crippen molar-refractivity contribution in [3.05, 3.63) is 81.9 Å². The van der Waals surface area contributed by atoms with E-state index >= 15 is 0 Å². The first kappa shape index (κ1) is 13.6. The van der Waals surface area contributed by atoms with Gasteiger partial charge in [-0.15, -0.1) is 0 Å². The average Bonchev–Trinajstić information content (AvgIpc) is 2.70. The summed E-state index contributed by atoms with van der Waals surface area (Å²) in [6, 6.07) is 16.4. The molecular weight excluding hydrogens is 296 g/mol. The molecule has 5 rings (SSSR count). The fourth-order valence-electron chi connectivity index (χ4n) is 3.69. The van der Waals surface area contributed by atoms with Gasteiger partial charge in [-0.2, -0.15) is 0 Å². The molecule has 2 bridgehead atoms. The fraction of sp³-hybridized carbons (Fsp3) is 0.211. The first-order valence-corrected chi connectivity index (χ1v) is 7.76. The second kappa shape index (κ2) is 4.99. The molecule has 0 saturated carbocycles. The van der Waals surface area contributed by atoms with Crippen LogP contribution in [0.15, 0.2) is 59.6 Å². The van der Waals surface area contributed by atoms with Crippen molar-refractivity contribution in [2.24, 2.45) is 0 Å². The number of allylic oxidation sites excluding steroid dienone is 1. The van der Waals surface area contributed by atoms with Crippen LogP contribution in [0.5, 0.6) is 0 Å². The molecule has 2 aromatic carbocycles. The number of benzene rings is 2. The lowest BCUT2D eigenvalue weighted by molar-refractivity contribution is -0.147. The second-order valence-electron chi connectivity index (χ2n) is 5.79. The molecule has 0 aliphatic heterocycles. The zero-order valence-electron chi connectivity index (χ0n) is 12.1. The zero-order valence-corrected chi connectivity index (χ0v) is 12.9. The normalized spacial score (nSPS) is 24.8. The quantitative estimate of drug-likeness (QED) is 0.716. The number of halogens is 1.